The summed E-state index contributed by atoms with van der Waals surface area (Å²) in [7, 11) is -1.53. The summed E-state index contributed by atoms with van der Waals surface area (Å²) in [6.07, 6.45) is 0.914. The molecule has 0 aliphatic heterocycles. The van der Waals surface area contributed by atoms with Gasteiger partial charge < -0.3 is 4.43 Å². The fraction of sp³-hybridized carbons (Fsp3) is 0.500. The standard InChI is InChI=1S/C12H19FOSi/c1-4-14-15(2,3)9-8-11-6-5-7-12(13)10-11/h5-7,10H,4,8-9H2,1-3H3. The summed E-state index contributed by atoms with van der Waals surface area (Å²) < 4.78 is 18.6. The summed E-state index contributed by atoms with van der Waals surface area (Å²) in [5.41, 5.74) is 1.07. The minimum atomic E-state index is -1.53. The Morgan fingerprint density at radius 1 is 1.33 bits per heavy atom. The van der Waals surface area contributed by atoms with Crippen LogP contribution in [-0.2, 0) is 10.8 Å². The molecule has 0 amide bonds. The number of aryl methyl sites for hydroxylation is 1. The number of benzene rings is 1. The first-order valence-corrected chi connectivity index (χ1v) is 8.53. The Hall–Kier alpha value is -0.673. The van der Waals surface area contributed by atoms with Crippen LogP contribution < -0.4 is 0 Å². The van der Waals surface area contributed by atoms with Crippen molar-refractivity contribution in [2.75, 3.05) is 6.61 Å². The quantitative estimate of drug-likeness (QED) is 0.697. The highest BCUT2D eigenvalue weighted by molar-refractivity contribution is 6.71. The molecular weight excluding hydrogens is 207 g/mol. The van der Waals surface area contributed by atoms with E-state index in [0.717, 1.165) is 24.6 Å². The van der Waals surface area contributed by atoms with Crippen LogP contribution in [0.15, 0.2) is 24.3 Å². The summed E-state index contributed by atoms with van der Waals surface area (Å²) >= 11 is 0. The number of halogens is 1. The van der Waals surface area contributed by atoms with E-state index in [1.165, 1.54) is 6.07 Å². The van der Waals surface area contributed by atoms with Crippen molar-refractivity contribution >= 4 is 8.32 Å². The van der Waals surface area contributed by atoms with Crippen LogP contribution in [-0.4, -0.2) is 14.9 Å². The summed E-state index contributed by atoms with van der Waals surface area (Å²) in [5, 5.41) is 0. The van der Waals surface area contributed by atoms with Crippen molar-refractivity contribution in [1.29, 1.82) is 0 Å². The van der Waals surface area contributed by atoms with Gasteiger partial charge in [0, 0.05) is 6.61 Å². The Morgan fingerprint density at radius 2 is 2.07 bits per heavy atom. The van der Waals surface area contributed by atoms with Crippen LogP contribution in [0.3, 0.4) is 0 Å². The topological polar surface area (TPSA) is 9.23 Å². The van der Waals surface area contributed by atoms with Gasteiger partial charge in [-0.2, -0.15) is 0 Å². The molecule has 0 radical (unpaired) electrons. The monoisotopic (exact) mass is 226 g/mol. The average molecular weight is 226 g/mol. The van der Waals surface area contributed by atoms with E-state index in [0.29, 0.717) is 0 Å². The molecule has 0 bridgehead atoms. The van der Waals surface area contributed by atoms with Gasteiger partial charge in [-0.05, 0) is 50.2 Å². The molecule has 0 spiro atoms. The molecular formula is C12H19FOSi. The molecule has 0 fully saturated rings. The lowest BCUT2D eigenvalue weighted by Gasteiger charge is -2.21. The predicted octanol–water partition coefficient (Wildman–Crippen LogP) is 3.61. The first kappa shape index (κ1) is 12.4. The van der Waals surface area contributed by atoms with E-state index in [1.54, 1.807) is 12.1 Å². The van der Waals surface area contributed by atoms with Gasteiger partial charge in [-0.1, -0.05) is 12.1 Å². The Balaban J connectivity index is 2.49. The van der Waals surface area contributed by atoms with Gasteiger partial charge in [0.25, 0.3) is 0 Å². The molecule has 1 rings (SSSR count). The van der Waals surface area contributed by atoms with Gasteiger partial charge in [0.2, 0.25) is 0 Å². The second kappa shape index (κ2) is 5.42. The minimum absolute atomic E-state index is 0.150. The van der Waals surface area contributed by atoms with Crippen molar-refractivity contribution in [2.24, 2.45) is 0 Å². The Labute approximate surface area is 92.4 Å². The van der Waals surface area contributed by atoms with Crippen LogP contribution in [0, 0.1) is 5.82 Å². The molecule has 3 heteroatoms. The maximum atomic E-state index is 12.9. The van der Waals surface area contributed by atoms with Gasteiger partial charge in [-0.15, -0.1) is 0 Å². The lowest BCUT2D eigenvalue weighted by Crippen LogP contribution is -2.30. The van der Waals surface area contributed by atoms with Gasteiger partial charge in [0.05, 0.1) is 0 Å². The van der Waals surface area contributed by atoms with Gasteiger partial charge in [0.1, 0.15) is 5.82 Å². The lowest BCUT2D eigenvalue weighted by molar-refractivity contribution is 0.329. The Bertz CT molecular complexity index is 312. The molecule has 1 aromatic rings. The SMILES string of the molecule is CCO[Si](C)(C)CCc1cccc(F)c1. The van der Waals surface area contributed by atoms with E-state index in [4.69, 9.17) is 4.43 Å². The highest BCUT2D eigenvalue weighted by atomic mass is 28.4. The van der Waals surface area contributed by atoms with E-state index in [-0.39, 0.29) is 5.82 Å². The smallest absolute Gasteiger partial charge is 0.187 e. The third kappa shape index (κ3) is 4.58. The van der Waals surface area contributed by atoms with Crippen LogP contribution in [0.1, 0.15) is 12.5 Å². The van der Waals surface area contributed by atoms with Crippen molar-refractivity contribution in [2.45, 2.75) is 32.5 Å². The van der Waals surface area contributed by atoms with Crippen LogP contribution in [0.4, 0.5) is 4.39 Å². The van der Waals surface area contributed by atoms with E-state index >= 15 is 0 Å². The highest BCUT2D eigenvalue weighted by Crippen LogP contribution is 2.15. The minimum Gasteiger partial charge on any atom is -0.418 e. The fourth-order valence-corrected chi connectivity index (χ4v) is 3.42. The van der Waals surface area contributed by atoms with Crippen LogP contribution in [0.25, 0.3) is 0 Å². The van der Waals surface area contributed by atoms with E-state index in [1.807, 2.05) is 13.0 Å². The molecule has 0 atom stereocenters. The molecule has 1 aromatic carbocycles. The zero-order chi connectivity index (χ0) is 11.3. The van der Waals surface area contributed by atoms with E-state index in [9.17, 15) is 4.39 Å². The zero-order valence-corrected chi connectivity index (χ0v) is 10.7. The molecule has 84 valence electrons. The second-order valence-corrected chi connectivity index (χ2v) is 8.63. The summed E-state index contributed by atoms with van der Waals surface area (Å²) in [5.74, 6) is -0.150. The Morgan fingerprint density at radius 3 is 2.67 bits per heavy atom. The molecule has 0 aliphatic carbocycles. The molecule has 0 unspecified atom stereocenters. The number of hydrogen-bond acceptors (Lipinski definition) is 1. The first-order chi connectivity index (χ1) is 7.03. The maximum Gasteiger partial charge on any atom is 0.187 e. The third-order valence-corrected chi connectivity index (χ3v) is 4.96. The van der Waals surface area contributed by atoms with Crippen molar-refractivity contribution in [1.82, 2.24) is 0 Å². The van der Waals surface area contributed by atoms with Gasteiger partial charge in [-0.25, -0.2) is 4.39 Å². The number of hydrogen-bond donors (Lipinski definition) is 0. The van der Waals surface area contributed by atoms with Crippen LogP contribution in [0.2, 0.25) is 19.1 Å². The van der Waals surface area contributed by atoms with Crippen molar-refractivity contribution in [3.63, 3.8) is 0 Å². The zero-order valence-electron chi connectivity index (χ0n) is 9.72. The summed E-state index contributed by atoms with van der Waals surface area (Å²) in [4.78, 5) is 0. The van der Waals surface area contributed by atoms with Crippen LogP contribution in [0.5, 0.6) is 0 Å². The molecule has 0 aromatic heterocycles. The van der Waals surface area contributed by atoms with Gasteiger partial charge >= 0.3 is 0 Å². The molecule has 0 saturated carbocycles. The molecule has 0 heterocycles. The maximum absolute atomic E-state index is 12.9. The predicted molar refractivity (Wildman–Crippen MR) is 64.0 cm³/mol. The Kier molecular flexibility index (Phi) is 4.48. The lowest BCUT2D eigenvalue weighted by atomic mass is 10.2. The fourth-order valence-electron chi connectivity index (χ4n) is 1.60. The van der Waals surface area contributed by atoms with E-state index < -0.39 is 8.32 Å². The summed E-state index contributed by atoms with van der Waals surface area (Å²) in [6.45, 7) is 7.21. The normalized spacial score (nSPS) is 11.7. The van der Waals surface area contributed by atoms with Crippen molar-refractivity contribution in [3.8, 4) is 0 Å². The molecule has 0 aliphatic rings. The van der Waals surface area contributed by atoms with Crippen molar-refractivity contribution < 1.29 is 8.82 Å². The first-order valence-electron chi connectivity index (χ1n) is 5.42. The third-order valence-electron chi connectivity index (χ3n) is 2.44. The molecule has 15 heavy (non-hydrogen) atoms. The van der Waals surface area contributed by atoms with Crippen molar-refractivity contribution in [3.05, 3.63) is 35.6 Å². The second-order valence-electron chi connectivity index (χ2n) is 4.32. The molecule has 1 nitrogen and oxygen atoms in total. The van der Waals surface area contributed by atoms with E-state index in [2.05, 4.69) is 13.1 Å². The largest absolute Gasteiger partial charge is 0.418 e. The van der Waals surface area contributed by atoms with Gasteiger partial charge in [0.15, 0.2) is 8.32 Å². The molecule has 0 saturated heterocycles. The summed E-state index contributed by atoms with van der Waals surface area (Å²) in [6, 6.07) is 7.87. The van der Waals surface area contributed by atoms with Gasteiger partial charge in [-0.3, -0.25) is 0 Å². The average Bonchev–Trinajstić information content (AvgIpc) is 2.15. The highest BCUT2D eigenvalue weighted by Gasteiger charge is 2.21. The van der Waals surface area contributed by atoms with Crippen LogP contribution >= 0.6 is 0 Å². The molecule has 0 N–H and O–H groups in total. The number of rotatable bonds is 5.